The Hall–Kier alpha value is -2.07. The fraction of sp³-hybridized carbons (Fsp3) is 0.111. The minimum atomic E-state index is -0.448. The number of nitro benzene ring substituents is 1. The Labute approximate surface area is 95.1 Å². The Morgan fingerprint density at radius 1 is 1.50 bits per heavy atom. The smallest absolute Gasteiger partial charge is 0.269 e. The van der Waals surface area contributed by atoms with Crippen LogP contribution in [0.1, 0.15) is 10.9 Å². The van der Waals surface area contributed by atoms with E-state index in [-0.39, 0.29) is 11.1 Å². The van der Waals surface area contributed by atoms with Crippen molar-refractivity contribution >= 4 is 22.5 Å². The number of thioether (sulfide) groups is 1. The molecule has 0 amide bonds. The van der Waals surface area contributed by atoms with E-state index >= 15 is 0 Å². The summed E-state index contributed by atoms with van der Waals surface area (Å²) in [5.41, 5.74) is 3.68. The molecule has 1 aromatic carbocycles. The largest absolute Gasteiger partial charge is 0.290 e. The summed E-state index contributed by atoms with van der Waals surface area (Å²) < 4.78 is 0. The maximum absolute atomic E-state index is 10.5. The summed E-state index contributed by atoms with van der Waals surface area (Å²) in [6.45, 7) is 0. The van der Waals surface area contributed by atoms with Crippen LogP contribution in [0.2, 0.25) is 0 Å². The Morgan fingerprint density at radius 2 is 2.19 bits per heavy atom. The van der Waals surface area contributed by atoms with Crippen LogP contribution in [0.25, 0.3) is 0 Å². The maximum atomic E-state index is 10.5. The Morgan fingerprint density at radius 3 is 2.69 bits per heavy atom. The fourth-order valence-electron chi connectivity index (χ4n) is 1.25. The van der Waals surface area contributed by atoms with Gasteiger partial charge in [0.25, 0.3) is 5.69 Å². The zero-order valence-corrected chi connectivity index (χ0v) is 8.77. The fourth-order valence-corrected chi connectivity index (χ4v) is 2.03. The summed E-state index contributed by atoms with van der Waals surface area (Å²) in [4.78, 5) is 10.0. The molecule has 1 N–H and O–H groups in total. The standard InChI is InChI=1S/C9H6N4O2S/c10-5-8-11-12-9(16-8)6-1-3-7(4-2-6)13(14)15/h1-4,9,12H/t9-/m1/s1. The van der Waals surface area contributed by atoms with E-state index in [0.717, 1.165) is 5.56 Å². The van der Waals surface area contributed by atoms with E-state index in [1.54, 1.807) is 12.1 Å². The minimum Gasteiger partial charge on any atom is -0.290 e. The average molecular weight is 234 g/mol. The topological polar surface area (TPSA) is 91.3 Å². The van der Waals surface area contributed by atoms with Crippen LogP contribution in [-0.2, 0) is 0 Å². The molecule has 0 spiro atoms. The molecule has 16 heavy (non-hydrogen) atoms. The molecule has 1 heterocycles. The zero-order valence-electron chi connectivity index (χ0n) is 7.95. The van der Waals surface area contributed by atoms with Crippen LogP contribution in [0.5, 0.6) is 0 Å². The van der Waals surface area contributed by atoms with Gasteiger partial charge in [-0.3, -0.25) is 15.5 Å². The molecule has 0 bridgehead atoms. The Balaban J connectivity index is 2.13. The third-order valence-corrected chi connectivity index (χ3v) is 3.03. The van der Waals surface area contributed by atoms with Crippen LogP contribution < -0.4 is 5.43 Å². The summed E-state index contributed by atoms with van der Waals surface area (Å²) in [5, 5.41) is 23.1. The number of rotatable bonds is 2. The molecule has 0 saturated heterocycles. The van der Waals surface area contributed by atoms with Crippen LogP contribution in [0, 0.1) is 21.4 Å². The van der Waals surface area contributed by atoms with Crippen LogP contribution in [0.4, 0.5) is 5.69 Å². The van der Waals surface area contributed by atoms with Gasteiger partial charge in [-0.15, -0.1) is 0 Å². The van der Waals surface area contributed by atoms with Gasteiger partial charge in [0, 0.05) is 12.1 Å². The Kier molecular flexibility index (Phi) is 2.74. The van der Waals surface area contributed by atoms with Gasteiger partial charge < -0.3 is 0 Å². The zero-order chi connectivity index (χ0) is 11.5. The predicted octanol–water partition coefficient (Wildman–Crippen LogP) is 1.77. The molecule has 0 fully saturated rings. The molecule has 1 atom stereocenters. The van der Waals surface area contributed by atoms with Gasteiger partial charge in [0.1, 0.15) is 11.4 Å². The number of nitrogens with one attached hydrogen (secondary N) is 1. The number of hydrogen-bond donors (Lipinski definition) is 1. The predicted molar refractivity (Wildman–Crippen MR) is 59.6 cm³/mol. The highest BCUT2D eigenvalue weighted by molar-refractivity contribution is 8.14. The van der Waals surface area contributed by atoms with E-state index in [2.05, 4.69) is 10.5 Å². The lowest BCUT2D eigenvalue weighted by Crippen LogP contribution is -2.06. The van der Waals surface area contributed by atoms with E-state index in [9.17, 15) is 10.1 Å². The van der Waals surface area contributed by atoms with Gasteiger partial charge in [0.15, 0.2) is 5.04 Å². The summed E-state index contributed by atoms with van der Waals surface area (Å²) in [6.07, 6.45) is 0. The number of nitro groups is 1. The number of non-ortho nitro benzene ring substituents is 1. The van der Waals surface area contributed by atoms with Gasteiger partial charge in [-0.05, 0) is 17.7 Å². The lowest BCUT2D eigenvalue weighted by molar-refractivity contribution is -0.384. The highest BCUT2D eigenvalue weighted by Crippen LogP contribution is 2.31. The molecular formula is C9H6N4O2S. The van der Waals surface area contributed by atoms with E-state index < -0.39 is 4.92 Å². The monoisotopic (exact) mass is 234 g/mol. The molecule has 80 valence electrons. The third-order valence-electron chi connectivity index (χ3n) is 2.02. The van der Waals surface area contributed by atoms with Crippen LogP contribution >= 0.6 is 11.8 Å². The second-order valence-corrected chi connectivity index (χ2v) is 4.10. The van der Waals surface area contributed by atoms with Crippen molar-refractivity contribution in [2.75, 3.05) is 0 Å². The number of hydrogen-bond acceptors (Lipinski definition) is 6. The van der Waals surface area contributed by atoms with Gasteiger partial charge in [-0.2, -0.15) is 10.4 Å². The summed E-state index contributed by atoms with van der Waals surface area (Å²) >= 11 is 1.29. The van der Waals surface area contributed by atoms with Gasteiger partial charge in [-0.1, -0.05) is 11.8 Å². The lowest BCUT2D eigenvalue weighted by atomic mass is 10.2. The second-order valence-electron chi connectivity index (χ2n) is 3.00. The summed E-state index contributed by atoms with van der Waals surface area (Å²) in [6, 6.07) is 8.10. The van der Waals surface area contributed by atoms with E-state index in [0.29, 0.717) is 5.04 Å². The maximum Gasteiger partial charge on any atom is 0.269 e. The van der Waals surface area contributed by atoms with Crippen LogP contribution in [0.3, 0.4) is 0 Å². The number of benzene rings is 1. The molecule has 0 unspecified atom stereocenters. The first kappa shape index (κ1) is 10.4. The normalized spacial score (nSPS) is 18.4. The first-order valence-electron chi connectivity index (χ1n) is 4.35. The molecule has 7 heteroatoms. The third kappa shape index (κ3) is 1.97. The van der Waals surface area contributed by atoms with Gasteiger partial charge >= 0.3 is 0 Å². The molecule has 1 aromatic rings. The van der Waals surface area contributed by atoms with Crippen molar-refractivity contribution in [3.8, 4) is 6.07 Å². The quantitative estimate of drug-likeness (QED) is 0.621. The number of hydrazone groups is 1. The van der Waals surface area contributed by atoms with Crippen LogP contribution in [-0.4, -0.2) is 9.97 Å². The Bertz CT molecular complexity index is 491. The molecule has 2 rings (SSSR count). The molecule has 1 aliphatic heterocycles. The highest BCUT2D eigenvalue weighted by atomic mass is 32.2. The highest BCUT2D eigenvalue weighted by Gasteiger charge is 2.21. The SMILES string of the molecule is N#CC1=NN[C@@H](c2ccc([N+](=O)[O-])cc2)S1. The van der Waals surface area contributed by atoms with Gasteiger partial charge in [0.05, 0.1) is 4.92 Å². The first-order valence-corrected chi connectivity index (χ1v) is 5.23. The number of nitriles is 1. The van der Waals surface area contributed by atoms with E-state index in [1.165, 1.54) is 23.9 Å². The van der Waals surface area contributed by atoms with Crippen molar-refractivity contribution in [2.24, 2.45) is 5.10 Å². The van der Waals surface area contributed by atoms with Crippen molar-refractivity contribution in [1.29, 1.82) is 5.26 Å². The molecule has 0 aliphatic carbocycles. The lowest BCUT2D eigenvalue weighted by Gasteiger charge is -2.07. The first-order chi connectivity index (χ1) is 7.70. The minimum absolute atomic E-state index is 0.0492. The second kappa shape index (κ2) is 4.20. The summed E-state index contributed by atoms with van der Waals surface area (Å²) in [5.74, 6) is 0. The number of nitrogens with zero attached hydrogens (tertiary/aromatic N) is 3. The van der Waals surface area contributed by atoms with Crippen molar-refractivity contribution < 1.29 is 4.92 Å². The van der Waals surface area contributed by atoms with E-state index in [4.69, 9.17) is 5.26 Å². The molecule has 0 saturated carbocycles. The molecule has 0 radical (unpaired) electrons. The van der Waals surface area contributed by atoms with Crippen LogP contribution in [0.15, 0.2) is 29.4 Å². The molecule has 6 nitrogen and oxygen atoms in total. The van der Waals surface area contributed by atoms with Gasteiger partial charge in [0.2, 0.25) is 0 Å². The average Bonchev–Trinajstić information content (AvgIpc) is 2.77. The molecule has 0 aromatic heterocycles. The van der Waals surface area contributed by atoms with Gasteiger partial charge in [-0.25, -0.2) is 0 Å². The summed E-state index contributed by atoms with van der Waals surface area (Å²) in [7, 11) is 0. The molecular weight excluding hydrogens is 228 g/mol. The van der Waals surface area contributed by atoms with Crippen molar-refractivity contribution in [3.63, 3.8) is 0 Å². The van der Waals surface area contributed by atoms with Crippen molar-refractivity contribution in [2.45, 2.75) is 5.37 Å². The molecule has 1 aliphatic rings. The van der Waals surface area contributed by atoms with Crippen molar-refractivity contribution in [3.05, 3.63) is 39.9 Å². The van der Waals surface area contributed by atoms with E-state index in [1.807, 2.05) is 6.07 Å². The van der Waals surface area contributed by atoms with Crippen molar-refractivity contribution in [1.82, 2.24) is 5.43 Å².